The van der Waals surface area contributed by atoms with Crippen molar-refractivity contribution in [3.05, 3.63) is 42.0 Å². The van der Waals surface area contributed by atoms with Gasteiger partial charge in [0.05, 0.1) is 11.0 Å². The second-order valence-electron chi connectivity index (χ2n) is 7.25. The molecule has 2 saturated carbocycles. The van der Waals surface area contributed by atoms with Crippen LogP contribution in [0.4, 0.5) is 18.9 Å². The first-order chi connectivity index (χ1) is 10.6. The van der Waals surface area contributed by atoms with E-state index in [9.17, 15) is 18.0 Å². The van der Waals surface area contributed by atoms with Crippen molar-refractivity contribution in [2.45, 2.75) is 39.3 Å². The molecule has 0 radical (unpaired) electrons. The number of nitrogens with one attached hydrogen (secondary N) is 1. The maximum Gasteiger partial charge on any atom is 0.416 e. The lowest BCUT2D eigenvalue weighted by molar-refractivity contribution is -0.137. The Hall–Kier alpha value is -1.78. The van der Waals surface area contributed by atoms with Crippen LogP contribution in [0.5, 0.6) is 0 Å². The van der Waals surface area contributed by atoms with E-state index >= 15 is 0 Å². The van der Waals surface area contributed by atoms with E-state index < -0.39 is 17.2 Å². The van der Waals surface area contributed by atoms with Crippen molar-refractivity contribution in [2.24, 2.45) is 16.7 Å². The molecule has 1 aromatic rings. The summed E-state index contributed by atoms with van der Waals surface area (Å²) in [5.41, 5.74) is -0.403. The van der Waals surface area contributed by atoms with E-state index in [1.165, 1.54) is 12.1 Å². The predicted molar refractivity (Wildman–Crippen MR) is 82.8 cm³/mol. The van der Waals surface area contributed by atoms with Crippen LogP contribution in [0.1, 0.15) is 38.7 Å². The normalized spacial score (nSPS) is 28.9. The summed E-state index contributed by atoms with van der Waals surface area (Å²) in [6.45, 7) is 8.33. The average molecular weight is 323 g/mol. The third kappa shape index (κ3) is 2.37. The minimum atomic E-state index is -4.42. The highest BCUT2D eigenvalue weighted by Gasteiger charge is 2.60. The molecule has 124 valence electrons. The highest BCUT2D eigenvalue weighted by atomic mass is 19.4. The molecule has 0 spiro atoms. The minimum Gasteiger partial charge on any atom is -0.325 e. The van der Waals surface area contributed by atoms with E-state index in [0.717, 1.165) is 37.0 Å². The largest absolute Gasteiger partial charge is 0.416 e. The number of carbonyl (C=O) groups excluding carboxylic acids is 1. The van der Waals surface area contributed by atoms with Crippen LogP contribution < -0.4 is 5.32 Å². The smallest absolute Gasteiger partial charge is 0.325 e. The zero-order chi connectivity index (χ0) is 17.0. The van der Waals surface area contributed by atoms with Crippen molar-refractivity contribution in [3.8, 4) is 0 Å². The quantitative estimate of drug-likeness (QED) is 0.760. The van der Waals surface area contributed by atoms with Crippen molar-refractivity contribution in [2.75, 3.05) is 5.32 Å². The molecule has 2 nitrogen and oxygen atoms in total. The van der Waals surface area contributed by atoms with Gasteiger partial charge in [0.2, 0.25) is 5.91 Å². The first-order valence-corrected chi connectivity index (χ1v) is 7.76. The number of hydrogen-bond donors (Lipinski definition) is 1. The number of benzene rings is 1. The third-order valence-electron chi connectivity index (χ3n) is 5.77. The molecule has 23 heavy (non-hydrogen) atoms. The number of amides is 1. The highest BCUT2D eigenvalue weighted by Crippen LogP contribution is 2.65. The molecule has 2 aliphatic rings. The topological polar surface area (TPSA) is 29.1 Å². The Balaban J connectivity index is 1.85. The molecule has 0 aromatic heterocycles. The van der Waals surface area contributed by atoms with Gasteiger partial charge in [-0.25, -0.2) is 0 Å². The number of rotatable bonds is 2. The second kappa shape index (κ2) is 4.86. The molecule has 0 aliphatic heterocycles. The van der Waals surface area contributed by atoms with E-state index in [1.807, 2.05) is 0 Å². The molecular weight excluding hydrogens is 303 g/mol. The zero-order valence-electron chi connectivity index (χ0n) is 13.3. The van der Waals surface area contributed by atoms with Crippen LogP contribution >= 0.6 is 0 Å². The zero-order valence-corrected chi connectivity index (χ0v) is 13.3. The van der Waals surface area contributed by atoms with Crippen LogP contribution in [-0.2, 0) is 11.0 Å². The summed E-state index contributed by atoms with van der Waals surface area (Å²) < 4.78 is 38.4. The Morgan fingerprint density at radius 3 is 2.61 bits per heavy atom. The monoisotopic (exact) mass is 323 g/mol. The van der Waals surface area contributed by atoms with E-state index in [-0.39, 0.29) is 17.0 Å². The molecule has 2 fully saturated rings. The molecule has 2 atom stereocenters. The second-order valence-corrected chi connectivity index (χ2v) is 7.25. The van der Waals surface area contributed by atoms with Crippen LogP contribution in [0, 0.1) is 16.7 Å². The number of halogens is 3. The molecule has 3 rings (SSSR count). The fraction of sp³-hybridized carbons (Fsp3) is 0.500. The lowest BCUT2D eigenvalue weighted by Crippen LogP contribution is -2.37. The summed E-state index contributed by atoms with van der Waals surface area (Å²) in [5, 5.41) is 2.68. The summed E-state index contributed by atoms with van der Waals surface area (Å²) in [5.74, 6) is 0.192. The minimum absolute atomic E-state index is 0.0938. The third-order valence-corrected chi connectivity index (χ3v) is 5.77. The van der Waals surface area contributed by atoms with Gasteiger partial charge in [0.25, 0.3) is 0 Å². The van der Waals surface area contributed by atoms with Crippen LogP contribution in [-0.4, -0.2) is 5.91 Å². The molecule has 0 heterocycles. The van der Waals surface area contributed by atoms with Gasteiger partial charge in [-0.2, -0.15) is 13.2 Å². The average Bonchev–Trinajstić information content (AvgIpc) is 2.99. The first-order valence-electron chi connectivity index (χ1n) is 7.76. The standard InChI is InChI=1S/C18H20F3NO/c1-11-16(2,3)13-7-8-17(11,10-13)15(23)22-14-6-4-5-12(9-14)18(19,20)21/h4-6,9,13H,1,7-8,10H2,2-3H3,(H,22,23)/t13-,17+/m1/s1. The number of fused-ring (bicyclic) bond motifs is 2. The van der Waals surface area contributed by atoms with Crippen LogP contribution in [0.15, 0.2) is 36.4 Å². The maximum atomic E-state index is 12.8. The summed E-state index contributed by atoms with van der Waals surface area (Å²) in [4.78, 5) is 12.8. The Morgan fingerprint density at radius 2 is 2.04 bits per heavy atom. The van der Waals surface area contributed by atoms with Gasteiger partial charge >= 0.3 is 6.18 Å². The molecular formula is C18H20F3NO. The number of alkyl halides is 3. The fourth-order valence-corrected chi connectivity index (χ4v) is 4.17. The number of carbonyl (C=O) groups is 1. The van der Waals surface area contributed by atoms with Crippen LogP contribution in [0.2, 0.25) is 0 Å². The fourth-order valence-electron chi connectivity index (χ4n) is 4.17. The Bertz CT molecular complexity index is 677. The summed E-state index contributed by atoms with van der Waals surface area (Å²) in [6.07, 6.45) is -1.99. The Labute approximate surface area is 133 Å². The van der Waals surface area contributed by atoms with Gasteiger partial charge in [-0.05, 0) is 48.8 Å². The molecule has 0 saturated heterocycles. The number of hydrogen-bond acceptors (Lipinski definition) is 1. The molecule has 1 amide bonds. The van der Waals surface area contributed by atoms with Gasteiger partial charge in [-0.1, -0.05) is 32.1 Å². The van der Waals surface area contributed by atoms with E-state index in [2.05, 4.69) is 25.7 Å². The maximum absolute atomic E-state index is 12.8. The summed E-state index contributed by atoms with van der Waals surface area (Å²) >= 11 is 0. The van der Waals surface area contributed by atoms with Crippen LogP contribution in [0.3, 0.4) is 0 Å². The summed E-state index contributed by atoms with van der Waals surface area (Å²) in [7, 11) is 0. The van der Waals surface area contributed by atoms with Gasteiger partial charge in [-0.15, -0.1) is 0 Å². The first kappa shape index (κ1) is 16.1. The molecule has 5 heteroatoms. The van der Waals surface area contributed by atoms with E-state index in [1.54, 1.807) is 0 Å². The van der Waals surface area contributed by atoms with Gasteiger partial charge in [-0.3, -0.25) is 4.79 Å². The molecule has 2 bridgehead atoms. The summed E-state index contributed by atoms with van der Waals surface area (Å²) in [6, 6.07) is 4.76. The molecule has 1 aromatic carbocycles. The van der Waals surface area contributed by atoms with Crippen molar-refractivity contribution in [1.82, 2.24) is 0 Å². The van der Waals surface area contributed by atoms with Gasteiger partial charge in [0.15, 0.2) is 0 Å². The molecule has 1 N–H and O–H groups in total. The van der Waals surface area contributed by atoms with Crippen molar-refractivity contribution in [1.29, 1.82) is 0 Å². The Morgan fingerprint density at radius 1 is 1.35 bits per heavy atom. The van der Waals surface area contributed by atoms with Gasteiger partial charge in [0.1, 0.15) is 0 Å². The lowest BCUT2D eigenvalue weighted by atomic mass is 9.68. The predicted octanol–water partition coefficient (Wildman–Crippen LogP) is 5.03. The Kier molecular flexibility index (Phi) is 3.40. The van der Waals surface area contributed by atoms with Crippen molar-refractivity contribution >= 4 is 11.6 Å². The van der Waals surface area contributed by atoms with Gasteiger partial charge in [0, 0.05) is 5.69 Å². The van der Waals surface area contributed by atoms with E-state index in [4.69, 9.17) is 0 Å². The van der Waals surface area contributed by atoms with Crippen molar-refractivity contribution in [3.63, 3.8) is 0 Å². The lowest BCUT2D eigenvalue weighted by Gasteiger charge is -2.37. The van der Waals surface area contributed by atoms with Crippen molar-refractivity contribution < 1.29 is 18.0 Å². The highest BCUT2D eigenvalue weighted by molar-refractivity contribution is 5.98. The number of anilines is 1. The molecule has 2 aliphatic carbocycles. The van der Waals surface area contributed by atoms with E-state index in [0.29, 0.717) is 5.92 Å². The SMILES string of the molecule is C=C1C(C)(C)[C@@H]2CC[C@]1(C(=O)Nc1cccc(C(F)(F)F)c1)C2. The molecule has 0 unspecified atom stereocenters. The van der Waals surface area contributed by atoms with Gasteiger partial charge < -0.3 is 5.32 Å². The van der Waals surface area contributed by atoms with Crippen LogP contribution in [0.25, 0.3) is 0 Å².